The van der Waals surface area contributed by atoms with E-state index in [0.29, 0.717) is 19.1 Å². The Morgan fingerprint density at radius 1 is 0.444 bits per heavy atom. The minimum atomic E-state index is -4.16. The molecule has 2 heteroatoms. The van der Waals surface area contributed by atoms with E-state index >= 15 is 0 Å². The fourth-order valence-corrected chi connectivity index (χ4v) is 29.5. The van der Waals surface area contributed by atoms with E-state index in [2.05, 4.69) is 202 Å². The van der Waals surface area contributed by atoms with Crippen LogP contribution in [-0.2, 0) is 17.4 Å². The van der Waals surface area contributed by atoms with Crippen LogP contribution < -0.4 is 0 Å². The van der Waals surface area contributed by atoms with Crippen molar-refractivity contribution >= 4 is 19.0 Å². The zero-order valence-electron chi connectivity index (χ0n) is 32.9. The van der Waals surface area contributed by atoms with Crippen LogP contribution in [0.5, 0.6) is 0 Å². The third-order valence-electron chi connectivity index (χ3n) is 13.0. The summed E-state index contributed by atoms with van der Waals surface area (Å²) in [5.41, 5.74) is 20.2. The summed E-state index contributed by atoms with van der Waals surface area (Å²) in [6.45, 7) is 12.3. The second kappa shape index (κ2) is 14.5. The number of allylic oxidation sites excluding steroid dienone is 2. The first-order valence-corrected chi connectivity index (χ1v) is 33.8. The van der Waals surface area contributed by atoms with Crippen molar-refractivity contribution < 1.29 is 17.4 Å². The van der Waals surface area contributed by atoms with E-state index in [-0.39, 0.29) is 0 Å². The Kier molecular flexibility index (Phi) is 9.91. The molecule has 4 atom stereocenters. The Hall–Kier alpha value is -4.10. The van der Waals surface area contributed by atoms with Crippen molar-refractivity contribution in [2.75, 3.05) is 0 Å². The molecule has 6 aromatic rings. The van der Waals surface area contributed by atoms with Gasteiger partial charge in [0.2, 0.25) is 0 Å². The first kappa shape index (κ1) is 36.9. The van der Waals surface area contributed by atoms with Gasteiger partial charge in [-0.1, -0.05) is 0 Å². The molecule has 0 radical (unpaired) electrons. The quantitative estimate of drug-likeness (QED) is 0.121. The summed E-state index contributed by atoms with van der Waals surface area (Å²) < 4.78 is 6.47. The maximum atomic E-state index is 2.85. The molecule has 0 aromatic heterocycles. The van der Waals surface area contributed by atoms with E-state index in [1.54, 1.807) is 22.3 Å². The van der Waals surface area contributed by atoms with Gasteiger partial charge in [-0.15, -0.1) is 0 Å². The Balaban J connectivity index is 1.47. The van der Waals surface area contributed by atoms with Crippen molar-refractivity contribution in [1.82, 2.24) is 0 Å². The molecule has 8 rings (SSSR count). The van der Waals surface area contributed by atoms with Crippen molar-refractivity contribution in [3.05, 3.63) is 179 Å². The number of hydrogen-bond donors (Lipinski definition) is 0. The molecule has 54 heavy (non-hydrogen) atoms. The van der Waals surface area contributed by atoms with Gasteiger partial charge in [0.05, 0.1) is 0 Å². The van der Waals surface area contributed by atoms with Crippen LogP contribution in [0.1, 0.15) is 70.0 Å². The van der Waals surface area contributed by atoms with Crippen LogP contribution in [0.2, 0.25) is 9.26 Å². The first-order valence-electron chi connectivity index (χ1n) is 20.2. The van der Waals surface area contributed by atoms with Gasteiger partial charge in [-0.3, -0.25) is 0 Å². The predicted molar refractivity (Wildman–Crippen MR) is 235 cm³/mol. The van der Waals surface area contributed by atoms with Gasteiger partial charge in [-0.05, 0) is 0 Å². The van der Waals surface area contributed by atoms with Gasteiger partial charge in [0, 0.05) is 0 Å². The van der Waals surface area contributed by atoms with Gasteiger partial charge in [-0.2, -0.15) is 0 Å². The van der Waals surface area contributed by atoms with Crippen molar-refractivity contribution in [2.45, 2.75) is 57.1 Å². The van der Waals surface area contributed by atoms with Gasteiger partial charge in [0.25, 0.3) is 0 Å². The Bertz CT molecular complexity index is 2280. The fraction of sp³-hybridized carbons (Fsp3) is 0.231. The summed E-state index contributed by atoms with van der Waals surface area (Å²) in [5.74, 6) is 0.960. The van der Waals surface area contributed by atoms with Crippen LogP contribution in [0.15, 0.2) is 157 Å². The molecule has 0 amide bonds. The van der Waals surface area contributed by atoms with Crippen LogP contribution in [0.3, 0.4) is 0 Å². The SMILES string of the molecule is CCC(C)C1=Cc2c(-c3ccccc3)ccc(-c3ccccc3)c2[CH]1[Zr]([CH3])([CH3])(=[SiH2])[CH]1C(C(C)CC)=Cc2c(-c3ccccc3)ccc(-c3ccccc3)c21. The number of benzene rings is 6. The summed E-state index contributed by atoms with van der Waals surface area (Å²) in [4.78, 5) is 0. The molecular weight excluding hydrogens is 744 g/mol. The van der Waals surface area contributed by atoms with Crippen LogP contribution in [0, 0.1) is 11.8 Å². The van der Waals surface area contributed by atoms with Crippen LogP contribution in [0.4, 0.5) is 0 Å². The van der Waals surface area contributed by atoms with Gasteiger partial charge >= 0.3 is 329 Å². The number of rotatable bonds is 10. The van der Waals surface area contributed by atoms with E-state index in [0.717, 1.165) is 12.8 Å². The molecular formula is C52H54SiZr. The zero-order chi connectivity index (χ0) is 37.6. The number of hydrogen-bond acceptors (Lipinski definition) is 0. The summed E-state index contributed by atoms with van der Waals surface area (Å²) in [6, 6.07) is 54.5. The van der Waals surface area contributed by atoms with Gasteiger partial charge in [-0.25, -0.2) is 0 Å². The molecule has 0 heterocycles. The molecule has 0 spiro atoms. The zero-order valence-corrected chi connectivity index (χ0v) is 36.8. The first-order chi connectivity index (χ1) is 26.1. The van der Waals surface area contributed by atoms with Crippen LogP contribution in [-0.4, -0.2) is 6.88 Å². The average molecular weight is 798 g/mol. The molecule has 0 bridgehead atoms. The molecule has 270 valence electrons. The predicted octanol–water partition coefficient (Wildman–Crippen LogP) is 14.4. The summed E-state index contributed by atoms with van der Waals surface area (Å²) in [7, 11) is 0. The van der Waals surface area contributed by atoms with E-state index < -0.39 is 17.4 Å². The molecule has 0 fully saturated rings. The summed E-state index contributed by atoms with van der Waals surface area (Å²) in [6.07, 6.45) is 7.63. The second-order valence-corrected chi connectivity index (χ2v) is 47.6. The summed E-state index contributed by atoms with van der Waals surface area (Å²) in [5, 5.41) is 0. The van der Waals surface area contributed by atoms with E-state index in [4.69, 9.17) is 0 Å². The van der Waals surface area contributed by atoms with Gasteiger partial charge in [0.15, 0.2) is 0 Å². The van der Waals surface area contributed by atoms with E-state index in [9.17, 15) is 0 Å². The number of fused-ring (bicyclic) bond motifs is 2. The molecule has 2 aliphatic carbocycles. The Labute approximate surface area is 326 Å². The van der Waals surface area contributed by atoms with Crippen LogP contribution in [0.25, 0.3) is 56.7 Å². The molecule has 0 N–H and O–H groups in total. The molecule has 0 saturated heterocycles. The van der Waals surface area contributed by atoms with Crippen molar-refractivity contribution in [2.24, 2.45) is 11.8 Å². The fourth-order valence-electron chi connectivity index (χ4n) is 10.1. The van der Waals surface area contributed by atoms with E-state index in [1.807, 2.05) is 0 Å². The third kappa shape index (κ3) is 6.24. The third-order valence-corrected chi connectivity index (χ3v) is 30.2. The van der Waals surface area contributed by atoms with Crippen molar-refractivity contribution in [1.29, 1.82) is 0 Å². The minimum absolute atomic E-state index is 0.390. The van der Waals surface area contributed by atoms with E-state index in [1.165, 1.54) is 55.6 Å². The normalized spacial score (nSPS) is 17.7. The van der Waals surface area contributed by atoms with Crippen LogP contribution >= 0.6 is 0 Å². The van der Waals surface area contributed by atoms with Gasteiger partial charge < -0.3 is 0 Å². The molecule has 0 aliphatic heterocycles. The molecule has 2 aliphatic rings. The molecule has 6 aromatic carbocycles. The average Bonchev–Trinajstić information content (AvgIpc) is 3.83. The molecule has 4 unspecified atom stereocenters. The monoisotopic (exact) mass is 796 g/mol. The Morgan fingerprint density at radius 3 is 1.02 bits per heavy atom. The van der Waals surface area contributed by atoms with Gasteiger partial charge in [0.1, 0.15) is 0 Å². The summed E-state index contributed by atoms with van der Waals surface area (Å²) >= 11 is -4.16. The van der Waals surface area contributed by atoms with Crippen molar-refractivity contribution in [3.63, 3.8) is 0 Å². The standard InChI is InChI=1S/2C25H23.2CH3.H2Si.Zr/c2*1-3-18(2)21-16-24-22(19-10-6-4-7-11-19)14-15-23(25(24)17-21)20-12-8-5-9-13-20;;;;/h2*4-18H,3H2,1-2H3;2*1H3;1H2;. The maximum absolute atomic E-state index is 4.16. The molecule has 0 saturated carbocycles. The van der Waals surface area contributed by atoms with Crippen molar-refractivity contribution in [3.8, 4) is 44.5 Å². The second-order valence-electron chi connectivity index (χ2n) is 17.2. The molecule has 0 nitrogen and oxygen atoms in total. The Morgan fingerprint density at radius 2 is 0.722 bits per heavy atom. The topological polar surface area (TPSA) is 0 Å².